The van der Waals surface area contributed by atoms with Crippen molar-refractivity contribution in [1.29, 1.82) is 0 Å². The largest absolute Gasteiger partial charge is 0.397 e. The van der Waals surface area contributed by atoms with Crippen LogP contribution in [0.4, 0.5) is 0 Å². The van der Waals surface area contributed by atoms with Crippen molar-refractivity contribution >= 4 is 31.2 Å². The summed E-state index contributed by atoms with van der Waals surface area (Å²) < 4.78 is 106. The summed E-state index contributed by atoms with van der Waals surface area (Å²) in [6.07, 6.45) is -8.93. The maximum atomic E-state index is 10.7. The molecule has 1 saturated heterocycles. The summed E-state index contributed by atoms with van der Waals surface area (Å²) in [6.45, 7) is -0.910. The molecule has 0 amide bonds. The fourth-order valence-corrected chi connectivity index (χ4v) is 2.97. The van der Waals surface area contributed by atoms with Gasteiger partial charge in [-0.2, -0.15) is 25.3 Å². The van der Waals surface area contributed by atoms with Crippen LogP contribution in [0, 0.1) is 0 Å². The lowest BCUT2D eigenvalue weighted by atomic mass is 10.1. The van der Waals surface area contributed by atoms with Gasteiger partial charge in [-0.05, 0) is 0 Å². The highest BCUT2D eigenvalue weighted by Crippen LogP contribution is 2.25. The fraction of sp³-hybridized carbons (Fsp3) is 1.00. The lowest BCUT2D eigenvalue weighted by Crippen LogP contribution is -2.57. The van der Waals surface area contributed by atoms with E-state index < -0.39 is 62.4 Å². The second kappa shape index (κ2) is 6.57. The Kier molecular flexibility index (Phi) is 5.84. The van der Waals surface area contributed by atoms with Gasteiger partial charge in [0.2, 0.25) is 0 Å². The molecule has 0 aromatic heterocycles. The molecule has 1 aliphatic rings. The molecule has 0 spiro atoms. The Morgan fingerprint density at radius 2 is 1.18 bits per heavy atom. The topological polar surface area (TPSA) is 220 Å². The minimum atomic E-state index is -5.30. The van der Waals surface area contributed by atoms with Crippen LogP contribution in [0.2, 0.25) is 0 Å². The molecule has 0 bridgehead atoms. The number of hydrogen-bond acceptors (Lipinski definition) is 11. The molecule has 22 heavy (non-hydrogen) atoms. The van der Waals surface area contributed by atoms with Crippen molar-refractivity contribution in [2.45, 2.75) is 24.6 Å². The first-order chi connectivity index (χ1) is 9.68. The predicted molar refractivity (Wildman–Crippen MR) is 61.2 cm³/mol. The molecule has 1 fully saturated rings. The molecule has 0 radical (unpaired) electrons. The van der Waals surface area contributed by atoms with Crippen LogP contribution < -0.4 is 0 Å². The Labute approximate surface area is 124 Å². The summed E-state index contributed by atoms with van der Waals surface area (Å²) in [6, 6.07) is 0. The molecule has 0 saturated carbocycles. The Hall–Kier alpha value is -0.470. The zero-order valence-electron chi connectivity index (χ0n) is 10.1. The highest BCUT2D eigenvalue weighted by atomic mass is 32.3. The molecule has 1 heterocycles. The predicted octanol–water partition coefficient (Wildman–Crippen LogP) is -3.10. The molecule has 0 unspecified atom stereocenters. The quantitative estimate of drug-likeness (QED) is 0.330. The van der Waals surface area contributed by atoms with Crippen molar-refractivity contribution < 1.29 is 61.3 Å². The van der Waals surface area contributed by atoms with E-state index >= 15 is 0 Å². The summed E-state index contributed by atoms with van der Waals surface area (Å²) in [7, 11) is -15.8. The van der Waals surface area contributed by atoms with Gasteiger partial charge in [-0.25, -0.2) is 12.5 Å². The van der Waals surface area contributed by atoms with E-state index in [1.54, 1.807) is 0 Å². The van der Waals surface area contributed by atoms with Crippen molar-refractivity contribution in [3.8, 4) is 0 Å². The van der Waals surface area contributed by atoms with Crippen LogP contribution in [0.5, 0.6) is 0 Å². The lowest BCUT2D eigenvalue weighted by molar-refractivity contribution is -0.235. The highest BCUT2D eigenvalue weighted by molar-refractivity contribution is 7.81. The van der Waals surface area contributed by atoms with E-state index in [0.717, 1.165) is 0 Å². The minimum Gasteiger partial charge on any atom is -0.366 e. The number of rotatable bonds is 6. The molecule has 4 N–H and O–H groups in total. The van der Waals surface area contributed by atoms with Gasteiger partial charge in [0.25, 0.3) is 0 Å². The first-order valence-corrected chi connectivity index (χ1v) is 9.04. The molecular formula is C5H10O14S3. The first kappa shape index (κ1) is 19.6. The van der Waals surface area contributed by atoms with Gasteiger partial charge < -0.3 is 9.84 Å². The van der Waals surface area contributed by atoms with Crippen LogP contribution in [-0.2, 0) is 48.5 Å². The molecule has 4 atom stereocenters. The van der Waals surface area contributed by atoms with Gasteiger partial charge in [-0.3, -0.25) is 13.7 Å². The molecule has 0 aromatic rings. The second-order valence-corrected chi connectivity index (χ2v) is 6.91. The van der Waals surface area contributed by atoms with Crippen LogP contribution in [0.3, 0.4) is 0 Å². The van der Waals surface area contributed by atoms with Crippen molar-refractivity contribution in [3.63, 3.8) is 0 Å². The van der Waals surface area contributed by atoms with Crippen LogP contribution in [-0.4, -0.2) is 75.2 Å². The normalized spacial score (nSPS) is 31.1. The van der Waals surface area contributed by atoms with E-state index in [1.165, 1.54) is 0 Å². The maximum Gasteiger partial charge on any atom is 0.397 e. The van der Waals surface area contributed by atoms with Crippen molar-refractivity contribution in [2.75, 3.05) is 6.61 Å². The highest BCUT2D eigenvalue weighted by Gasteiger charge is 2.48. The second-order valence-electron chi connectivity index (χ2n) is 3.76. The average Bonchev–Trinajstić information content (AvgIpc) is 2.22. The van der Waals surface area contributed by atoms with E-state index in [-0.39, 0.29) is 0 Å². The maximum absolute atomic E-state index is 10.7. The minimum absolute atomic E-state index is 0.910. The van der Waals surface area contributed by atoms with Crippen LogP contribution >= 0.6 is 0 Å². The van der Waals surface area contributed by atoms with Gasteiger partial charge >= 0.3 is 31.2 Å². The van der Waals surface area contributed by atoms with Gasteiger partial charge in [0.1, 0.15) is 12.2 Å². The third kappa shape index (κ3) is 6.75. The van der Waals surface area contributed by atoms with Gasteiger partial charge in [0.15, 0.2) is 12.4 Å². The summed E-state index contributed by atoms with van der Waals surface area (Å²) >= 11 is 0. The zero-order chi connectivity index (χ0) is 17.3. The fourth-order valence-electron chi connectivity index (χ4n) is 1.50. The van der Waals surface area contributed by atoms with Gasteiger partial charge in [-0.15, -0.1) is 0 Å². The SMILES string of the molecule is O=S(=O)(O)O[C@@H]1[C@@H](OS(=O)(=O)O)[C@H](OS(=O)(=O)O)CO[C@@H]1O. The lowest BCUT2D eigenvalue weighted by Gasteiger charge is -2.36. The van der Waals surface area contributed by atoms with E-state index in [4.69, 9.17) is 13.7 Å². The molecule has 1 rings (SSSR count). The summed E-state index contributed by atoms with van der Waals surface area (Å²) in [5.74, 6) is 0. The third-order valence-corrected chi connectivity index (χ3v) is 3.53. The summed E-state index contributed by atoms with van der Waals surface area (Å²) in [5, 5.41) is 9.37. The molecule has 132 valence electrons. The standard InChI is InChI=1S/C5H10O14S3/c6-5-4(19-22(13,14)15)3(18-21(10,11)12)2(1-16-5)17-20(7,8)9/h2-6H,1H2,(H,7,8,9)(H,10,11,12)(H,13,14,15)/t2-,3+,4-,5+/m1/s1. The molecule has 0 aromatic carbocycles. The van der Waals surface area contributed by atoms with Gasteiger partial charge in [0, 0.05) is 0 Å². The number of hydrogen-bond donors (Lipinski definition) is 4. The Morgan fingerprint density at radius 3 is 1.59 bits per heavy atom. The average molecular weight is 390 g/mol. The first-order valence-electron chi connectivity index (χ1n) is 4.95. The monoisotopic (exact) mass is 390 g/mol. The van der Waals surface area contributed by atoms with Crippen molar-refractivity contribution in [1.82, 2.24) is 0 Å². The Bertz CT molecular complexity index is 689. The van der Waals surface area contributed by atoms with E-state index in [2.05, 4.69) is 17.3 Å². The number of aliphatic hydroxyl groups is 1. The van der Waals surface area contributed by atoms with Gasteiger partial charge in [-0.1, -0.05) is 0 Å². The number of aliphatic hydroxyl groups excluding tert-OH is 1. The molecular weight excluding hydrogens is 380 g/mol. The molecule has 1 aliphatic heterocycles. The van der Waals surface area contributed by atoms with Crippen LogP contribution in [0.25, 0.3) is 0 Å². The summed E-state index contributed by atoms with van der Waals surface area (Å²) in [4.78, 5) is 0. The molecule has 17 heteroatoms. The molecule has 14 nitrogen and oxygen atoms in total. The van der Waals surface area contributed by atoms with E-state index in [9.17, 15) is 30.4 Å². The van der Waals surface area contributed by atoms with E-state index in [0.29, 0.717) is 0 Å². The summed E-state index contributed by atoms with van der Waals surface area (Å²) in [5.41, 5.74) is 0. The van der Waals surface area contributed by atoms with Gasteiger partial charge in [0.05, 0.1) is 6.61 Å². The zero-order valence-corrected chi connectivity index (χ0v) is 12.6. The smallest absolute Gasteiger partial charge is 0.366 e. The van der Waals surface area contributed by atoms with Crippen molar-refractivity contribution in [3.05, 3.63) is 0 Å². The Balaban J connectivity index is 3.17. The Morgan fingerprint density at radius 1 is 0.773 bits per heavy atom. The van der Waals surface area contributed by atoms with Crippen LogP contribution in [0.1, 0.15) is 0 Å². The van der Waals surface area contributed by atoms with Crippen molar-refractivity contribution in [2.24, 2.45) is 0 Å². The number of ether oxygens (including phenoxy) is 1. The van der Waals surface area contributed by atoms with Crippen LogP contribution in [0.15, 0.2) is 0 Å². The molecule has 0 aliphatic carbocycles. The van der Waals surface area contributed by atoms with E-state index in [1.807, 2.05) is 0 Å². The third-order valence-electron chi connectivity index (χ3n) is 2.11.